The maximum Gasteiger partial charge on any atom is 0.277 e. The first-order chi connectivity index (χ1) is 16.3. The summed E-state index contributed by atoms with van der Waals surface area (Å²) in [6.07, 6.45) is 3.62. The van der Waals surface area contributed by atoms with E-state index in [4.69, 9.17) is 14.8 Å². The summed E-state index contributed by atoms with van der Waals surface area (Å²) < 4.78 is 32.7. The summed E-state index contributed by atoms with van der Waals surface area (Å²) in [5, 5.41) is 4.72. The van der Waals surface area contributed by atoms with Crippen molar-refractivity contribution in [3.05, 3.63) is 34.2 Å². The minimum Gasteiger partial charge on any atom is -0.493 e. The number of aryl methyl sites for hydroxylation is 1. The van der Waals surface area contributed by atoms with Gasteiger partial charge in [-0.3, -0.25) is 9.48 Å². The summed E-state index contributed by atoms with van der Waals surface area (Å²) in [4.78, 5) is 23.4. The minimum atomic E-state index is -3.44. The van der Waals surface area contributed by atoms with Crippen LogP contribution in [0.2, 0.25) is 0 Å². The first-order valence-corrected chi connectivity index (χ1v) is 13.6. The molecule has 0 radical (unpaired) electrons. The molecule has 3 heterocycles. The molecule has 3 aromatic rings. The molecule has 0 bridgehead atoms. The zero-order chi connectivity index (χ0) is 24.5. The summed E-state index contributed by atoms with van der Waals surface area (Å²) in [5.74, 6) is 0.744. The Morgan fingerprint density at radius 3 is 2.68 bits per heavy atom. The number of sulfone groups is 1. The Morgan fingerprint density at radius 2 is 2.03 bits per heavy atom. The fourth-order valence-corrected chi connectivity index (χ4v) is 5.36. The molecule has 1 aliphatic rings. The Kier molecular flexibility index (Phi) is 7.09. The fourth-order valence-electron chi connectivity index (χ4n) is 4.45. The molecule has 0 saturated carbocycles. The van der Waals surface area contributed by atoms with Crippen molar-refractivity contribution in [1.29, 1.82) is 0 Å². The standard InChI is InChI=1S/C24H33N5O4S/c1-5-13-33-20-11-10-17(34(31,32)7-3)14-18(20)23-25-21-19(6-2)27-29(22(21)24(30)26-23)15-16-9-8-12-28(16)4/h10-11,14,16H,5-9,12-13,15H2,1-4H3,(H,25,26,30)/t16-/m0/s1. The molecule has 34 heavy (non-hydrogen) atoms. The van der Waals surface area contributed by atoms with Gasteiger partial charge in [0.05, 0.1) is 35.1 Å². The van der Waals surface area contributed by atoms with Crippen LogP contribution >= 0.6 is 0 Å². The predicted octanol–water partition coefficient (Wildman–Crippen LogP) is 3.03. The number of hydrogen-bond donors (Lipinski definition) is 1. The quantitative estimate of drug-likeness (QED) is 0.494. The smallest absolute Gasteiger partial charge is 0.277 e. The minimum absolute atomic E-state index is 0.0209. The summed E-state index contributed by atoms with van der Waals surface area (Å²) in [6, 6.07) is 5.05. The normalized spacial score (nSPS) is 17.0. The van der Waals surface area contributed by atoms with E-state index in [1.807, 2.05) is 13.8 Å². The second-order valence-electron chi connectivity index (χ2n) is 8.78. The second kappa shape index (κ2) is 9.87. The van der Waals surface area contributed by atoms with Gasteiger partial charge in [0, 0.05) is 6.04 Å². The van der Waals surface area contributed by atoms with Crippen molar-refractivity contribution in [2.75, 3.05) is 26.0 Å². The van der Waals surface area contributed by atoms with Crippen molar-refractivity contribution in [1.82, 2.24) is 24.6 Å². The van der Waals surface area contributed by atoms with Gasteiger partial charge < -0.3 is 14.6 Å². The van der Waals surface area contributed by atoms with Crippen LogP contribution in [0.5, 0.6) is 5.75 Å². The van der Waals surface area contributed by atoms with Gasteiger partial charge in [0.25, 0.3) is 5.56 Å². The maximum atomic E-state index is 13.3. The molecular formula is C24H33N5O4S. The molecule has 9 nitrogen and oxygen atoms in total. The van der Waals surface area contributed by atoms with E-state index in [-0.39, 0.29) is 22.0 Å². The van der Waals surface area contributed by atoms with Crippen molar-refractivity contribution < 1.29 is 13.2 Å². The maximum absolute atomic E-state index is 13.3. The summed E-state index contributed by atoms with van der Waals surface area (Å²) in [7, 11) is -1.35. The van der Waals surface area contributed by atoms with Gasteiger partial charge in [-0.25, -0.2) is 13.4 Å². The topological polar surface area (TPSA) is 110 Å². The van der Waals surface area contributed by atoms with E-state index in [0.717, 1.165) is 31.5 Å². The van der Waals surface area contributed by atoms with Crippen LogP contribution in [0.1, 0.15) is 45.7 Å². The van der Waals surface area contributed by atoms with Crippen LogP contribution in [-0.4, -0.2) is 65.1 Å². The number of aromatic nitrogens is 4. The first kappa shape index (κ1) is 24.4. The van der Waals surface area contributed by atoms with Crippen molar-refractivity contribution in [3.63, 3.8) is 0 Å². The third-order valence-corrected chi connectivity index (χ3v) is 8.20. The van der Waals surface area contributed by atoms with Gasteiger partial charge in [0.15, 0.2) is 15.4 Å². The molecule has 1 fully saturated rings. The number of nitrogens with one attached hydrogen (secondary N) is 1. The Morgan fingerprint density at radius 1 is 1.24 bits per heavy atom. The third-order valence-electron chi connectivity index (χ3n) is 6.46. The fraction of sp³-hybridized carbons (Fsp3) is 0.542. The number of hydrogen-bond acceptors (Lipinski definition) is 7. The summed E-state index contributed by atoms with van der Waals surface area (Å²) >= 11 is 0. The Hall–Kier alpha value is -2.72. The van der Waals surface area contributed by atoms with Crippen LogP contribution in [0.25, 0.3) is 22.4 Å². The van der Waals surface area contributed by atoms with Gasteiger partial charge in [0.1, 0.15) is 17.1 Å². The number of H-pyrrole nitrogens is 1. The van der Waals surface area contributed by atoms with Crippen LogP contribution in [0.4, 0.5) is 0 Å². The van der Waals surface area contributed by atoms with E-state index in [9.17, 15) is 13.2 Å². The van der Waals surface area contributed by atoms with E-state index >= 15 is 0 Å². The number of ether oxygens (including phenoxy) is 1. The van der Waals surface area contributed by atoms with E-state index in [2.05, 4.69) is 16.9 Å². The first-order valence-electron chi connectivity index (χ1n) is 12.0. The van der Waals surface area contributed by atoms with Gasteiger partial charge in [-0.15, -0.1) is 0 Å². The SMILES string of the molecule is CCCOc1ccc(S(=O)(=O)CC)cc1-c1nc2c(CC)nn(C[C@@H]3CCCN3C)c2c(=O)[nH]1. The second-order valence-corrected chi connectivity index (χ2v) is 11.1. The van der Waals surface area contributed by atoms with E-state index in [1.54, 1.807) is 17.7 Å². The van der Waals surface area contributed by atoms with E-state index < -0.39 is 9.84 Å². The molecule has 1 N–H and O–H groups in total. The molecule has 4 rings (SSSR count). The summed E-state index contributed by atoms with van der Waals surface area (Å²) in [5.41, 5.74) is 1.91. The molecule has 1 saturated heterocycles. The highest BCUT2D eigenvalue weighted by Gasteiger charge is 2.25. The van der Waals surface area contributed by atoms with Gasteiger partial charge >= 0.3 is 0 Å². The van der Waals surface area contributed by atoms with Crippen molar-refractivity contribution in [3.8, 4) is 17.1 Å². The molecule has 10 heteroatoms. The molecule has 0 unspecified atom stereocenters. The van der Waals surface area contributed by atoms with Crippen LogP contribution in [0.15, 0.2) is 27.9 Å². The van der Waals surface area contributed by atoms with Crippen LogP contribution in [0.3, 0.4) is 0 Å². The summed E-state index contributed by atoms with van der Waals surface area (Å²) in [6.45, 7) is 7.72. The van der Waals surface area contributed by atoms with Crippen molar-refractivity contribution >= 4 is 20.9 Å². The molecule has 2 aromatic heterocycles. The number of likely N-dealkylation sites (tertiary alicyclic amines) is 1. The molecule has 0 spiro atoms. The monoisotopic (exact) mass is 487 g/mol. The van der Waals surface area contributed by atoms with Gasteiger partial charge in [-0.2, -0.15) is 5.10 Å². The lowest BCUT2D eigenvalue weighted by Gasteiger charge is -2.19. The van der Waals surface area contributed by atoms with E-state index in [1.165, 1.54) is 12.1 Å². The average molecular weight is 488 g/mol. The van der Waals surface area contributed by atoms with Crippen molar-refractivity contribution in [2.45, 2.75) is 63.9 Å². The lowest BCUT2D eigenvalue weighted by molar-refractivity contribution is 0.276. The number of likely N-dealkylation sites (N-methyl/N-ethyl adjacent to an activating group) is 1. The number of rotatable bonds is 9. The molecular weight excluding hydrogens is 454 g/mol. The van der Waals surface area contributed by atoms with Crippen LogP contribution in [0, 0.1) is 0 Å². The molecule has 0 amide bonds. The zero-order valence-corrected chi connectivity index (χ0v) is 21.1. The number of aromatic amines is 1. The largest absolute Gasteiger partial charge is 0.493 e. The lowest BCUT2D eigenvalue weighted by atomic mass is 10.1. The van der Waals surface area contributed by atoms with E-state index in [0.29, 0.717) is 48.0 Å². The Bertz CT molecular complexity index is 1350. The molecule has 1 aliphatic heterocycles. The Balaban J connectivity index is 1.86. The number of nitrogens with zero attached hydrogens (tertiary/aromatic N) is 4. The average Bonchev–Trinajstić information content (AvgIpc) is 3.40. The Labute approximate surface area is 200 Å². The zero-order valence-electron chi connectivity index (χ0n) is 20.3. The number of fused-ring (bicyclic) bond motifs is 1. The van der Waals surface area contributed by atoms with Crippen molar-refractivity contribution in [2.24, 2.45) is 0 Å². The predicted molar refractivity (Wildman–Crippen MR) is 132 cm³/mol. The highest BCUT2D eigenvalue weighted by Crippen LogP contribution is 2.32. The molecule has 184 valence electrons. The molecule has 1 atom stereocenters. The highest BCUT2D eigenvalue weighted by atomic mass is 32.2. The van der Waals surface area contributed by atoms with Gasteiger partial charge in [-0.05, 0) is 57.5 Å². The lowest BCUT2D eigenvalue weighted by Crippen LogP contribution is -2.30. The van der Waals surface area contributed by atoms with Crippen LogP contribution in [-0.2, 0) is 22.8 Å². The highest BCUT2D eigenvalue weighted by molar-refractivity contribution is 7.91. The number of benzene rings is 1. The third kappa shape index (κ3) is 4.61. The van der Waals surface area contributed by atoms with Crippen LogP contribution < -0.4 is 10.3 Å². The molecule has 1 aromatic carbocycles. The van der Waals surface area contributed by atoms with Gasteiger partial charge in [-0.1, -0.05) is 20.8 Å². The van der Waals surface area contributed by atoms with Gasteiger partial charge in [0.2, 0.25) is 0 Å². The molecule has 0 aliphatic carbocycles.